The fraction of sp³-hybridized carbons (Fsp3) is 0.462. The van der Waals surface area contributed by atoms with Crippen LogP contribution >= 0.6 is 11.6 Å². The highest BCUT2D eigenvalue weighted by atomic mass is 35.5. The van der Waals surface area contributed by atoms with E-state index in [1.165, 1.54) is 19.8 Å². The summed E-state index contributed by atoms with van der Waals surface area (Å²) in [5, 5.41) is 0.416. The number of H-pyrrole nitrogens is 1. The Morgan fingerprint density at radius 3 is 2.65 bits per heavy atom. The smallest absolute Gasteiger partial charge is 0.176 e. The Hall–Kier alpha value is -1.06. The molecule has 0 radical (unpaired) electrons. The lowest BCUT2D eigenvalue weighted by Gasteiger charge is -2.12. The second-order valence-corrected chi connectivity index (χ2v) is 4.98. The summed E-state index contributed by atoms with van der Waals surface area (Å²) in [5.41, 5.74) is 2.33. The molecule has 0 unspecified atom stereocenters. The Kier molecular flexibility index (Phi) is 3.69. The average molecular weight is 253 g/mol. The van der Waals surface area contributed by atoms with Crippen molar-refractivity contribution in [3.63, 3.8) is 0 Å². The summed E-state index contributed by atoms with van der Waals surface area (Å²) in [4.78, 5) is 17.0. The number of rotatable bonds is 4. The molecule has 1 fully saturated rings. The van der Waals surface area contributed by atoms with Gasteiger partial charge in [-0.15, -0.1) is 0 Å². The third-order valence-corrected chi connectivity index (χ3v) is 3.31. The van der Waals surface area contributed by atoms with Gasteiger partial charge in [0.2, 0.25) is 0 Å². The number of aromatic nitrogens is 1. The minimum Gasteiger partial charge on any atom is -0.354 e. The fourth-order valence-electron chi connectivity index (χ4n) is 2.27. The van der Waals surface area contributed by atoms with Gasteiger partial charge in [-0.2, -0.15) is 0 Å². The molecule has 1 aliphatic rings. The molecule has 1 aromatic heterocycles. The van der Waals surface area contributed by atoms with Gasteiger partial charge in [0, 0.05) is 29.8 Å². The van der Waals surface area contributed by atoms with Crippen molar-refractivity contribution in [2.45, 2.75) is 26.3 Å². The molecule has 4 heteroatoms. The van der Waals surface area contributed by atoms with Crippen molar-refractivity contribution in [1.29, 1.82) is 0 Å². The van der Waals surface area contributed by atoms with Crippen molar-refractivity contribution in [2.75, 3.05) is 13.1 Å². The van der Waals surface area contributed by atoms with Crippen molar-refractivity contribution >= 4 is 22.4 Å². The minimum atomic E-state index is -0.00512. The Labute approximate surface area is 106 Å². The quantitative estimate of drug-likeness (QED) is 0.837. The molecule has 1 N–H and O–H groups in total. The zero-order chi connectivity index (χ0) is 12.4. The first-order chi connectivity index (χ1) is 8.08. The molecule has 0 amide bonds. The van der Waals surface area contributed by atoms with E-state index in [-0.39, 0.29) is 5.78 Å². The van der Waals surface area contributed by atoms with Gasteiger partial charge in [0.15, 0.2) is 5.78 Å². The number of nitrogens with one attached hydrogen (secondary N) is 1. The van der Waals surface area contributed by atoms with E-state index in [2.05, 4.69) is 16.5 Å². The van der Waals surface area contributed by atoms with Crippen molar-refractivity contribution in [2.24, 2.45) is 0 Å². The fourth-order valence-corrected chi connectivity index (χ4v) is 2.42. The number of Topliss-reactive ketones (excluding diaryl/α,β-unsaturated/α-hetero) is 1. The molecular weight excluding hydrogens is 236 g/mol. The molecule has 0 atom stereocenters. The molecule has 1 saturated heterocycles. The van der Waals surface area contributed by atoms with Gasteiger partial charge in [0.1, 0.15) is 0 Å². The van der Waals surface area contributed by atoms with Gasteiger partial charge in [0.25, 0.3) is 0 Å². The van der Waals surface area contributed by atoms with E-state index < -0.39 is 0 Å². The summed E-state index contributed by atoms with van der Waals surface area (Å²) in [7, 11) is 0. The Morgan fingerprint density at radius 2 is 2.18 bits per heavy atom. The zero-order valence-corrected chi connectivity index (χ0v) is 10.8. The van der Waals surface area contributed by atoms with E-state index in [0.717, 1.165) is 30.9 Å². The van der Waals surface area contributed by atoms with Crippen LogP contribution in [0.25, 0.3) is 5.03 Å². The molecule has 3 nitrogen and oxygen atoms in total. The molecule has 2 rings (SSSR count). The van der Waals surface area contributed by atoms with Gasteiger partial charge in [-0.25, -0.2) is 0 Å². The molecule has 1 aliphatic heterocycles. The number of hydrogen-bond acceptors (Lipinski definition) is 2. The van der Waals surface area contributed by atoms with Crippen LogP contribution in [0.15, 0.2) is 12.6 Å². The van der Waals surface area contributed by atoms with Gasteiger partial charge in [-0.3, -0.25) is 9.69 Å². The van der Waals surface area contributed by atoms with Crippen LogP contribution < -0.4 is 0 Å². The standard InChI is InChI=1S/C13H17ClN2O/c1-9(14)12-7-11(15-13(12)10(2)17)8-16-5-3-4-6-16/h7,15H,1,3-6,8H2,2H3. The van der Waals surface area contributed by atoms with Gasteiger partial charge in [-0.05, 0) is 32.0 Å². The summed E-state index contributed by atoms with van der Waals surface area (Å²) in [6, 6.07) is 1.93. The average Bonchev–Trinajstić information content (AvgIpc) is 2.86. The summed E-state index contributed by atoms with van der Waals surface area (Å²) in [5.74, 6) is -0.00512. The second-order valence-electron chi connectivity index (χ2n) is 4.53. The second kappa shape index (κ2) is 5.07. The van der Waals surface area contributed by atoms with Crippen LogP contribution in [0.2, 0.25) is 0 Å². The highest BCUT2D eigenvalue weighted by Gasteiger charge is 2.17. The molecule has 0 saturated carbocycles. The molecule has 0 aromatic carbocycles. The van der Waals surface area contributed by atoms with Gasteiger partial charge in [0.05, 0.1) is 5.69 Å². The number of nitrogens with zero attached hydrogens (tertiary/aromatic N) is 1. The lowest BCUT2D eigenvalue weighted by Crippen LogP contribution is -2.18. The Morgan fingerprint density at radius 1 is 1.53 bits per heavy atom. The number of likely N-dealkylation sites (tertiary alicyclic amines) is 1. The van der Waals surface area contributed by atoms with Gasteiger partial charge in [-0.1, -0.05) is 18.2 Å². The van der Waals surface area contributed by atoms with Crippen LogP contribution in [-0.2, 0) is 6.54 Å². The number of carbonyl (C=O) groups excluding carboxylic acids is 1. The number of ketones is 1. The zero-order valence-electron chi connectivity index (χ0n) is 10.1. The molecule has 1 aromatic rings. The topological polar surface area (TPSA) is 36.1 Å². The van der Waals surface area contributed by atoms with Crippen LogP contribution in [0.1, 0.15) is 41.5 Å². The first-order valence-corrected chi connectivity index (χ1v) is 6.25. The van der Waals surface area contributed by atoms with Crippen molar-refractivity contribution < 1.29 is 4.79 Å². The molecule has 0 aliphatic carbocycles. The molecule has 17 heavy (non-hydrogen) atoms. The van der Waals surface area contributed by atoms with Crippen LogP contribution in [0.4, 0.5) is 0 Å². The molecule has 0 bridgehead atoms. The maximum absolute atomic E-state index is 11.5. The maximum Gasteiger partial charge on any atom is 0.176 e. The monoisotopic (exact) mass is 252 g/mol. The minimum absolute atomic E-state index is 0.00512. The van der Waals surface area contributed by atoms with E-state index in [1.54, 1.807) is 0 Å². The molecule has 92 valence electrons. The first-order valence-electron chi connectivity index (χ1n) is 5.88. The summed E-state index contributed by atoms with van der Waals surface area (Å²) >= 11 is 5.90. The van der Waals surface area contributed by atoms with Crippen LogP contribution in [0.5, 0.6) is 0 Å². The van der Waals surface area contributed by atoms with E-state index in [0.29, 0.717) is 10.7 Å². The lowest BCUT2D eigenvalue weighted by molar-refractivity contribution is 0.101. The van der Waals surface area contributed by atoms with Crippen LogP contribution in [-0.4, -0.2) is 28.8 Å². The predicted molar refractivity (Wildman–Crippen MR) is 70.2 cm³/mol. The molecule has 0 spiro atoms. The summed E-state index contributed by atoms with van der Waals surface area (Å²) in [6.45, 7) is 8.34. The van der Waals surface area contributed by atoms with E-state index in [1.807, 2.05) is 6.07 Å². The summed E-state index contributed by atoms with van der Waals surface area (Å²) in [6.07, 6.45) is 2.52. The van der Waals surface area contributed by atoms with Crippen molar-refractivity contribution in [3.8, 4) is 0 Å². The number of carbonyl (C=O) groups is 1. The van der Waals surface area contributed by atoms with Crippen LogP contribution in [0, 0.1) is 0 Å². The Balaban J connectivity index is 2.20. The normalized spacial score (nSPS) is 16.4. The van der Waals surface area contributed by atoms with E-state index in [9.17, 15) is 4.79 Å². The van der Waals surface area contributed by atoms with E-state index in [4.69, 9.17) is 11.6 Å². The third-order valence-electron chi connectivity index (χ3n) is 3.11. The van der Waals surface area contributed by atoms with Gasteiger partial charge >= 0.3 is 0 Å². The maximum atomic E-state index is 11.5. The molecule has 2 heterocycles. The van der Waals surface area contributed by atoms with Crippen molar-refractivity contribution in [3.05, 3.63) is 29.6 Å². The van der Waals surface area contributed by atoms with E-state index >= 15 is 0 Å². The molecular formula is C13H17ClN2O. The lowest BCUT2D eigenvalue weighted by atomic mass is 10.2. The first kappa shape index (κ1) is 12.4. The highest BCUT2D eigenvalue weighted by Crippen LogP contribution is 2.24. The summed E-state index contributed by atoms with van der Waals surface area (Å²) < 4.78 is 0. The van der Waals surface area contributed by atoms with Crippen LogP contribution in [0.3, 0.4) is 0 Å². The largest absolute Gasteiger partial charge is 0.354 e. The number of halogens is 1. The van der Waals surface area contributed by atoms with Gasteiger partial charge < -0.3 is 4.98 Å². The number of hydrogen-bond donors (Lipinski definition) is 1. The third kappa shape index (κ3) is 2.79. The highest BCUT2D eigenvalue weighted by molar-refractivity contribution is 6.48. The van der Waals surface area contributed by atoms with Crippen molar-refractivity contribution in [1.82, 2.24) is 9.88 Å². The predicted octanol–water partition coefficient (Wildman–Crippen LogP) is 3.02. The SMILES string of the molecule is C=C(Cl)c1cc(CN2CCCC2)[nH]c1C(C)=O. The number of aromatic amines is 1. The Bertz CT molecular complexity index is 413.